The first kappa shape index (κ1) is 15.9. The number of nitrogens with one attached hydrogen (secondary N) is 1. The number of hydrogen-bond donors (Lipinski definition) is 1. The van der Waals surface area contributed by atoms with Crippen molar-refractivity contribution >= 4 is 28.7 Å². The molecule has 1 saturated heterocycles. The first-order chi connectivity index (χ1) is 12.2. The first-order valence-electron chi connectivity index (χ1n) is 8.13. The maximum absolute atomic E-state index is 6.43. The van der Waals surface area contributed by atoms with Crippen LogP contribution in [-0.4, -0.2) is 35.6 Å². The molecule has 1 fully saturated rings. The summed E-state index contributed by atoms with van der Waals surface area (Å²) in [5, 5.41) is 3.93. The number of aromatic nitrogens is 2. The van der Waals surface area contributed by atoms with Crippen LogP contribution in [0.2, 0.25) is 5.02 Å². The molecule has 1 aliphatic rings. The standard InChI is InChI=1S/C19H17ClN4O/c1-3-13-11-21-8-9-24(13)19-23-16-10-14(20)12(2)17(18(16)25-19)15-6-4-5-7-22-15/h1,4-7,10,13,21H,8-9,11H2,2H3/t13-/m0/s1. The Labute approximate surface area is 151 Å². The van der Waals surface area contributed by atoms with Crippen molar-refractivity contribution in [3.63, 3.8) is 0 Å². The molecule has 0 amide bonds. The molecule has 0 aliphatic carbocycles. The number of rotatable bonds is 2. The maximum Gasteiger partial charge on any atom is 0.299 e. The summed E-state index contributed by atoms with van der Waals surface area (Å²) in [5.41, 5.74) is 3.99. The van der Waals surface area contributed by atoms with E-state index in [1.165, 1.54) is 0 Å². The third-order valence-electron chi connectivity index (χ3n) is 4.47. The van der Waals surface area contributed by atoms with Crippen LogP contribution < -0.4 is 10.2 Å². The van der Waals surface area contributed by atoms with Gasteiger partial charge in [-0.3, -0.25) is 4.98 Å². The molecule has 5 nitrogen and oxygen atoms in total. The number of halogens is 1. The average molecular weight is 353 g/mol. The van der Waals surface area contributed by atoms with E-state index in [9.17, 15) is 0 Å². The van der Waals surface area contributed by atoms with Crippen LogP contribution in [0.5, 0.6) is 0 Å². The monoisotopic (exact) mass is 352 g/mol. The molecule has 0 radical (unpaired) electrons. The highest BCUT2D eigenvalue weighted by Gasteiger charge is 2.26. The fourth-order valence-corrected chi connectivity index (χ4v) is 3.34. The SMILES string of the molecule is C#C[C@H]1CNCCN1c1nc2cc(Cl)c(C)c(-c3ccccn3)c2o1. The lowest BCUT2D eigenvalue weighted by atomic mass is 10.0. The number of oxazole rings is 1. The van der Waals surface area contributed by atoms with Gasteiger partial charge in [-0.2, -0.15) is 4.98 Å². The molecule has 4 rings (SSSR count). The molecular weight excluding hydrogens is 336 g/mol. The Morgan fingerprint density at radius 3 is 3.08 bits per heavy atom. The van der Waals surface area contributed by atoms with Gasteiger partial charge >= 0.3 is 0 Å². The van der Waals surface area contributed by atoms with E-state index in [1.807, 2.05) is 36.1 Å². The molecule has 6 heteroatoms. The molecule has 1 aliphatic heterocycles. The van der Waals surface area contributed by atoms with Crippen LogP contribution in [-0.2, 0) is 0 Å². The summed E-state index contributed by atoms with van der Waals surface area (Å²) in [6, 6.07) is 8.03. The van der Waals surface area contributed by atoms with Crippen LogP contribution >= 0.6 is 11.6 Å². The Balaban J connectivity index is 1.90. The average Bonchev–Trinajstić information content (AvgIpc) is 3.06. The number of nitrogens with zero attached hydrogens (tertiary/aromatic N) is 3. The molecule has 3 heterocycles. The predicted octanol–water partition coefficient (Wildman–Crippen LogP) is 3.26. The van der Waals surface area contributed by atoms with Crippen LogP contribution in [0.15, 0.2) is 34.9 Å². The quantitative estimate of drug-likeness (QED) is 0.717. The molecule has 0 saturated carbocycles. The predicted molar refractivity (Wildman–Crippen MR) is 99.8 cm³/mol. The van der Waals surface area contributed by atoms with Crippen molar-refractivity contribution in [1.29, 1.82) is 0 Å². The zero-order valence-electron chi connectivity index (χ0n) is 13.8. The second kappa shape index (κ2) is 6.40. The zero-order chi connectivity index (χ0) is 17.4. The maximum atomic E-state index is 6.43. The van der Waals surface area contributed by atoms with E-state index in [0.29, 0.717) is 28.7 Å². The highest BCUT2D eigenvalue weighted by molar-refractivity contribution is 6.32. The van der Waals surface area contributed by atoms with Crippen molar-refractivity contribution in [1.82, 2.24) is 15.3 Å². The summed E-state index contributed by atoms with van der Waals surface area (Å²) in [4.78, 5) is 11.1. The second-order valence-electron chi connectivity index (χ2n) is 6.00. The normalized spacial score (nSPS) is 17.6. The number of terminal acetylenes is 1. The molecule has 0 unspecified atom stereocenters. The van der Waals surface area contributed by atoms with Crippen LogP contribution in [0.25, 0.3) is 22.4 Å². The Bertz CT molecular complexity index is 961. The fourth-order valence-electron chi connectivity index (χ4n) is 3.14. The van der Waals surface area contributed by atoms with Gasteiger partial charge in [-0.15, -0.1) is 6.42 Å². The Hall–Kier alpha value is -2.55. The van der Waals surface area contributed by atoms with E-state index in [0.717, 1.165) is 29.9 Å². The molecule has 1 atom stereocenters. The first-order valence-corrected chi connectivity index (χ1v) is 8.51. The van der Waals surface area contributed by atoms with Gasteiger partial charge in [-0.25, -0.2) is 0 Å². The van der Waals surface area contributed by atoms with Crippen molar-refractivity contribution < 1.29 is 4.42 Å². The highest BCUT2D eigenvalue weighted by atomic mass is 35.5. The van der Waals surface area contributed by atoms with E-state index in [-0.39, 0.29) is 6.04 Å². The number of fused-ring (bicyclic) bond motifs is 1. The van der Waals surface area contributed by atoms with Crippen molar-refractivity contribution in [2.75, 3.05) is 24.5 Å². The minimum absolute atomic E-state index is 0.0864. The molecular formula is C19H17ClN4O. The summed E-state index contributed by atoms with van der Waals surface area (Å²) in [7, 11) is 0. The Morgan fingerprint density at radius 1 is 1.44 bits per heavy atom. The van der Waals surface area contributed by atoms with Crippen molar-refractivity contribution in [2.45, 2.75) is 13.0 Å². The van der Waals surface area contributed by atoms with Crippen LogP contribution in [0.3, 0.4) is 0 Å². The second-order valence-corrected chi connectivity index (χ2v) is 6.41. The number of pyridine rings is 1. The van der Waals surface area contributed by atoms with E-state index in [1.54, 1.807) is 6.20 Å². The Kier molecular flexibility index (Phi) is 4.08. The van der Waals surface area contributed by atoms with Gasteiger partial charge in [0, 0.05) is 36.4 Å². The molecule has 3 aromatic rings. The molecule has 25 heavy (non-hydrogen) atoms. The lowest BCUT2D eigenvalue weighted by molar-refractivity contribution is 0.484. The van der Waals surface area contributed by atoms with Gasteiger partial charge in [0.05, 0.1) is 5.69 Å². The third-order valence-corrected chi connectivity index (χ3v) is 4.86. The summed E-state index contributed by atoms with van der Waals surface area (Å²) in [6.07, 6.45) is 7.42. The van der Waals surface area contributed by atoms with Crippen molar-refractivity contribution in [3.8, 4) is 23.6 Å². The third kappa shape index (κ3) is 2.74. The van der Waals surface area contributed by atoms with Gasteiger partial charge in [0.1, 0.15) is 11.6 Å². The largest absolute Gasteiger partial charge is 0.423 e. The van der Waals surface area contributed by atoms with Gasteiger partial charge in [0.2, 0.25) is 0 Å². The summed E-state index contributed by atoms with van der Waals surface area (Å²) in [6.45, 7) is 4.25. The van der Waals surface area contributed by atoms with Gasteiger partial charge in [0.15, 0.2) is 5.58 Å². The van der Waals surface area contributed by atoms with Crippen molar-refractivity contribution in [3.05, 3.63) is 41.0 Å². The van der Waals surface area contributed by atoms with Crippen molar-refractivity contribution in [2.24, 2.45) is 0 Å². The van der Waals surface area contributed by atoms with Gasteiger partial charge in [-0.05, 0) is 30.7 Å². The number of benzene rings is 1. The van der Waals surface area contributed by atoms with Crippen LogP contribution in [0.4, 0.5) is 6.01 Å². The van der Waals surface area contributed by atoms with Crippen LogP contribution in [0, 0.1) is 19.3 Å². The topological polar surface area (TPSA) is 54.2 Å². The number of piperazine rings is 1. The molecule has 1 aromatic carbocycles. The smallest absolute Gasteiger partial charge is 0.299 e. The Morgan fingerprint density at radius 2 is 2.32 bits per heavy atom. The van der Waals surface area contributed by atoms with Gasteiger partial charge in [0.25, 0.3) is 6.01 Å². The summed E-state index contributed by atoms with van der Waals surface area (Å²) >= 11 is 6.43. The molecule has 2 aromatic heterocycles. The highest BCUT2D eigenvalue weighted by Crippen LogP contribution is 2.37. The minimum atomic E-state index is -0.0864. The van der Waals surface area contributed by atoms with E-state index in [2.05, 4.69) is 21.2 Å². The molecule has 0 spiro atoms. The molecule has 1 N–H and O–H groups in total. The summed E-state index contributed by atoms with van der Waals surface area (Å²) in [5.74, 6) is 2.79. The van der Waals surface area contributed by atoms with E-state index < -0.39 is 0 Å². The number of anilines is 1. The zero-order valence-corrected chi connectivity index (χ0v) is 14.5. The van der Waals surface area contributed by atoms with Crippen LogP contribution in [0.1, 0.15) is 5.56 Å². The lowest BCUT2D eigenvalue weighted by Crippen LogP contribution is -2.50. The van der Waals surface area contributed by atoms with Gasteiger partial charge in [-0.1, -0.05) is 23.6 Å². The minimum Gasteiger partial charge on any atom is -0.423 e. The van der Waals surface area contributed by atoms with Gasteiger partial charge < -0.3 is 14.6 Å². The molecule has 126 valence electrons. The summed E-state index contributed by atoms with van der Waals surface area (Å²) < 4.78 is 6.15. The fraction of sp³-hybridized carbons (Fsp3) is 0.263. The van der Waals surface area contributed by atoms with E-state index in [4.69, 9.17) is 22.4 Å². The van der Waals surface area contributed by atoms with E-state index >= 15 is 0 Å². The molecule has 0 bridgehead atoms. The number of hydrogen-bond acceptors (Lipinski definition) is 5. The lowest BCUT2D eigenvalue weighted by Gasteiger charge is -2.31.